The molecule has 0 spiro atoms. The third-order valence-corrected chi connectivity index (χ3v) is 6.03. The monoisotopic (exact) mass is 550 g/mol. The molecule has 0 atom stereocenters. The van der Waals surface area contributed by atoms with E-state index in [2.05, 4.69) is 159 Å². The molecule has 0 fully saturated rings. The molecule has 0 amide bonds. The minimum atomic E-state index is 0.796. The quantitative estimate of drug-likeness (QED) is 0.0761. The molecule has 0 aromatic carbocycles. The standard InChI is InChI=1S/C40H54O/c1-33(2)18-12-21-36(5)24-15-27-37(6)25-13-22-34(3)19-10-11-20-35(4)23-14-26-38(7)28-16-29-39(8)30-17-31-40(9)32-41/h10-11,13-16,18-20,22-29,31-32H,12,17,21,30H2,1-9H3/b11-10+,22-13+,23-14+,27-15+,28-16+,34-19+,35-20+,36-24+,37-25+,38-26+,39-29+,40-31-. The highest BCUT2D eigenvalue weighted by atomic mass is 16.1. The van der Waals surface area contributed by atoms with E-state index in [1.807, 2.05) is 13.0 Å². The van der Waals surface area contributed by atoms with Crippen molar-refractivity contribution in [1.29, 1.82) is 0 Å². The fourth-order valence-corrected chi connectivity index (χ4v) is 3.40. The Balaban J connectivity index is 4.71. The van der Waals surface area contributed by atoms with Crippen LogP contribution in [0.4, 0.5) is 0 Å². The molecule has 0 aliphatic heterocycles. The first-order valence-electron chi connectivity index (χ1n) is 14.7. The topological polar surface area (TPSA) is 17.1 Å². The van der Waals surface area contributed by atoms with Gasteiger partial charge in [-0.3, -0.25) is 4.79 Å². The fourth-order valence-electron chi connectivity index (χ4n) is 3.40. The average Bonchev–Trinajstić information content (AvgIpc) is 2.90. The molecule has 0 rings (SSSR count). The predicted molar refractivity (Wildman–Crippen MR) is 186 cm³/mol. The Bertz CT molecular complexity index is 1200. The predicted octanol–water partition coefficient (Wildman–Crippen LogP) is 12.1. The molecule has 0 saturated heterocycles. The van der Waals surface area contributed by atoms with E-state index in [0.717, 1.165) is 37.5 Å². The van der Waals surface area contributed by atoms with E-state index in [1.54, 1.807) is 0 Å². The summed E-state index contributed by atoms with van der Waals surface area (Å²) in [6.07, 6.45) is 43.1. The van der Waals surface area contributed by atoms with Crippen molar-refractivity contribution in [1.82, 2.24) is 0 Å². The summed E-state index contributed by atoms with van der Waals surface area (Å²) in [5, 5.41) is 0. The maximum atomic E-state index is 10.6. The second-order valence-electron chi connectivity index (χ2n) is 10.9. The molecule has 0 aromatic heterocycles. The van der Waals surface area contributed by atoms with Crippen LogP contribution in [0.25, 0.3) is 0 Å². The van der Waals surface area contributed by atoms with Crippen molar-refractivity contribution in [2.75, 3.05) is 0 Å². The molecule has 220 valence electrons. The van der Waals surface area contributed by atoms with Crippen LogP contribution in [0, 0.1) is 0 Å². The zero-order valence-corrected chi connectivity index (χ0v) is 27.2. The fraction of sp³-hybridized carbons (Fsp3) is 0.325. The summed E-state index contributed by atoms with van der Waals surface area (Å²) in [6, 6.07) is 0. The highest BCUT2D eigenvalue weighted by Gasteiger charge is 1.89. The molecule has 0 saturated carbocycles. The summed E-state index contributed by atoms with van der Waals surface area (Å²) in [5.41, 5.74) is 9.69. The summed E-state index contributed by atoms with van der Waals surface area (Å²) >= 11 is 0. The van der Waals surface area contributed by atoms with Crippen LogP contribution in [0.1, 0.15) is 88.0 Å². The summed E-state index contributed by atoms with van der Waals surface area (Å²) in [6.45, 7) is 18.9. The van der Waals surface area contributed by atoms with Gasteiger partial charge in [0.25, 0.3) is 0 Å². The lowest BCUT2D eigenvalue weighted by molar-refractivity contribution is -0.104. The van der Waals surface area contributed by atoms with Gasteiger partial charge in [0.2, 0.25) is 0 Å². The van der Waals surface area contributed by atoms with Crippen LogP contribution < -0.4 is 0 Å². The van der Waals surface area contributed by atoms with Crippen molar-refractivity contribution in [3.63, 3.8) is 0 Å². The Morgan fingerprint density at radius 3 is 1.12 bits per heavy atom. The molecular formula is C40H54O. The van der Waals surface area contributed by atoms with E-state index in [4.69, 9.17) is 0 Å². The Morgan fingerprint density at radius 2 is 0.756 bits per heavy atom. The lowest BCUT2D eigenvalue weighted by atomic mass is 10.1. The highest BCUT2D eigenvalue weighted by Crippen LogP contribution is 2.09. The normalized spacial score (nSPS) is 15.5. The van der Waals surface area contributed by atoms with Crippen LogP contribution in [0.15, 0.2) is 154 Å². The Labute approximate surface area is 252 Å². The second-order valence-corrected chi connectivity index (χ2v) is 10.9. The van der Waals surface area contributed by atoms with Crippen molar-refractivity contribution in [3.8, 4) is 0 Å². The first-order valence-corrected chi connectivity index (χ1v) is 14.7. The van der Waals surface area contributed by atoms with E-state index in [1.165, 1.54) is 39.0 Å². The average molecular weight is 551 g/mol. The second kappa shape index (κ2) is 24.1. The summed E-state index contributed by atoms with van der Waals surface area (Å²) in [5.74, 6) is 0. The van der Waals surface area contributed by atoms with Crippen LogP contribution in [0.2, 0.25) is 0 Å². The highest BCUT2D eigenvalue weighted by molar-refractivity contribution is 5.71. The molecule has 0 bridgehead atoms. The van der Waals surface area contributed by atoms with Gasteiger partial charge in [-0.15, -0.1) is 0 Å². The molecule has 1 heteroatoms. The third-order valence-electron chi connectivity index (χ3n) is 6.03. The number of carbonyl (C=O) groups is 1. The van der Waals surface area contributed by atoms with E-state index >= 15 is 0 Å². The molecule has 1 nitrogen and oxygen atoms in total. The minimum Gasteiger partial charge on any atom is -0.298 e. The molecule has 0 aromatic rings. The number of carbonyl (C=O) groups excluding carboxylic acids is 1. The maximum absolute atomic E-state index is 10.6. The van der Waals surface area contributed by atoms with Gasteiger partial charge in [-0.25, -0.2) is 0 Å². The van der Waals surface area contributed by atoms with Gasteiger partial charge in [-0.05, 0) is 93.6 Å². The van der Waals surface area contributed by atoms with Crippen LogP contribution in [0.5, 0.6) is 0 Å². The molecule has 0 unspecified atom stereocenters. The van der Waals surface area contributed by atoms with Crippen LogP contribution in [0.3, 0.4) is 0 Å². The van der Waals surface area contributed by atoms with Gasteiger partial charge in [-0.1, -0.05) is 148 Å². The molecule has 0 aliphatic carbocycles. The molecular weight excluding hydrogens is 496 g/mol. The minimum absolute atomic E-state index is 0.796. The third kappa shape index (κ3) is 25.0. The summed E-state index contributed by atoms with van der Waals surface area (Å²) in [4.78, 5) is 10.6. The van der Waals surface area contributed by atoms with Gasteiger partial charge in [0.1, 0.15) is 6.29 Å². The smallest absolute Gasteiger partial charge is 0.145 e. The van der Waals surface area contributed by atoms with E-state index < -0.39 is 0 Å². The van der Waals surface area contributed by atoms with Gasteiger partial charge < -0.3 is 0 Å². The van der Waals surface area contributed by atoms with Gasteiger partial charge in [0, 0.05) is 0 Å². The van der Waals surface area contributed by atoms with Gasteiger partial charge in [-0.2, -0.15) is 0 Å². The summed E-state index contributed by atoms with van der Waals surface area (Å²) in [7, 11) is 0. The van der Waals surface area contributed by atoms with Crippen molar-refractivity contribution in [3.05, 3.63) is 154 Å². The number of hydrogen-bond donors (Lipinski definition) is 0. The van der Waals surface area contributed by atoms with E-state index in [-0.39, 0.29) is 0 Å². The van der Waals surface area contributed by atoms with Crippen molar-refractivity contribution >= 4 is 6.29 Å². The number of rotatable bonds is 17. The SMILES string of the molecule is CC(C)=CCC/C(C)=C/C=C/C(C)=C/C=C/C(C)=C/C=C/C=C(C)/C=C/C=C(C)/C=C/C=C(\C)CC/C=C(/C)C=O. The zero-order valence-electron chi connectivity index (χ0n) is 27.2. The molecule has 0 heterocycles. The van der Waals surface area contributed by atoms with Crippen molar-refractivity contribution in [2.45, 2.75) is 88.0 Å². The largest absolute Gasteiger partial charge is 0.298 e. The number of allylic oxidation sites excluding steroid dienone is 26. The Hall–Kier alpha value is -3.71. The van der Waals surface area contributed by atoms with Crippen LogP contribution in [-0.2, 0) is 4.79 Å². The van der Waals surface area contributed by atoms with Gasteiger partial charge in [0.15, 0.2) is 0 Å². The Morgan fingerprint density at radius 1 is 0.415 bits per heavy atom. The van der Waals surface area contributed by atoms with Crippen molar-refractivity contribution < 1.29 is 4.79 Å². The maximum Gasteiger partial charge on any atom is 0.145 e. The van der Waals surface area contributed by atoms with E-state index in [0.29, 0.717) is 0 Å². The molecule has 0 N–H and O–H groups in total. The first kappa shape index (κ1) is 37.3. The molecule has 0 aliphatic rings. The molecule has 0 radical (unpaired) electrons. The number of hydrogen-bond acceptors (Lipinski definition) is 1. The van der Waals surface area contributed by atoms with Crippen molar-refractivity contribution in [2.24, 2.45) is 0 Å². The lowest BCUT2D eigenvalue weighted by Gasteiger charge is -1.96. The van der Waals surface area contributed by atoms with Gasteiger partial charge >= 0.3 is 0 Å². The van der Waals surface area contributed by atoms with E-state index in [9.17, 15) is 4.79 Å². The zero-order chi connectivity index (χ0) is 30.9. The number of aldehydes is 1. The lowest BCUT2D eigenvalue weighted by Crippen LogP contribution is -1.79. The first-order chi connectivity index (χ1) is 19.5. The Kier molecular flexibility index (Phi) is 21.9. The van der Waals surface area contributed by atoms with Crippen LogP contribution in [-0.4, -0.2) is 6.29 Å². The van der Waals surface area contributed by atoms with Gasteiger partial charge in [0.05, 0.1) is 0 Å². The van der Waals surface area contributed by atoms with Crippen LogP contribution >= 0.6 is 0 Å². The molecule has 41 heavy (non-hydrogen) atoms. The summed E-state index contributed by atoms with van der Waals surface area (Å²) < 4.78 is 0.